The van der Waals surface area contributed by atoms with Crippen molar-refractivity contribution >= 4 is 40.7 Å². The van der Waals surface area contributed by atoms with Crippen molar-refractivity contribution in [1.82, 2.24) is 0 Å². The van der Waals surface area contributed by atoms with Crippen LogP contribution in [0.3, 0.4) is 0 Å². The first-order valence-corrected chi connectivity index (χ1v) is 21.0. The summed E-state index contributed by atoms with van der Waals surface area (Å²) in [5.41, 5.74) is 9.36. The SMILES string of the molecule is CC(=O)[O-].CC(=O)[O-].Cc1ccc(N2C(c3[c-]c(C4=N[C@@H](c5ccccc5)[C@H](c5ccccc5)N4c4ccc(C)cc4)cc([N+](=O)[O-])c3)=N[C@@H](c3ccccc3)[C@@H]2c2ccccc2)cc1.O.[Rh+3]. The summed E-state index contributed by atoms with van der Waals surface area (Å²) in [5, 5.41) is 30.7. The minimum Gasteiger partial charge on any atom is -0.550 e. The van der Waals surface area contributed by atoms with Gasteiger partial charge in [-0.1, -0.05) is 168 Å². The maximum absolute atomic E-state index is 12.9. The van der Waals surface area contributed by atoms with Gasteiger partial charge in [0.25, 0.3) is 0 Å². The van der Waals surface area contributed by atoms with E-state index in [0.29, 0.717) is 22.8 Å². The summed E-state index contributed by atoms with van der Waals surface area (Å²) < 4.78 is 0. The molecule has 0 amide bonds. The van der Waals surface area contributed by atoms with Gasteiger partial charge in [-0.05, 0) is 86.3 Å². The number of rotatable bonds is 9. The molecule has 2 N–H and O–H groups in total. The molecule has 7 aromatic rings. The first kappa shape index (κ1) is 50.4. The number of non-ortho nitro benzene ring substituents is 1. The van der Waals surface area contributed by atoms with Crippen molar-refractivity contribution in [2.75, 3.05) is 9.80 Å². The van der Waals surface area contributed by atoms with E-state index in [2.05, 4.69) is 127 Å². The summed E-state index contributed by atoms with van der Waals surface area (Å²) in [7, 11) is 0. The molecule has 0 saturated heterocycles. The van der Waals surface area contributed by atoms with Crippen LogP contribution in [0, 0.1) is 30.0 Å². The fraction of sp³-hybridized carbons (Fsp3) is 0.148. The standard InChI is InChI=1S/C50H40N5O2.2C2H4O2.H2O.Rh/c1-34-23-27-42(28-24-34)53-47(38-19-11-5-12-20-38)45(36-15-7-3-8-16-36)51-49(53)40-31-41(33-44(32-40)55(56)57)50-52-46(37-17-9-4-10-18-37)48(39-21-13-6-14-22-39)54(50)43-29-25-35(2)26-30-43;2*1-2(3)4;;/h3-30,32-33,45-48H,1-2H3;2*1H3,(H,3,4);1H2;/q-1;;;;+3/p-2/t45-,46-,47-,48-;;;;/m0..../s1. The molecule has 2 heterocycles. The molecule has 0 bridgehead atoms. The molecular weight excluding hydrogens is 934 g/mol. The van der Waals surface area contributed by atoms with Gasteiger partial charge in [-0.15, -0.1) is 6.07 Å². The van der Waals surface area contributed by atoms with Gasteiger partial charge in [0.15, 0.2) is 0 Å². The number of aliphatic carboxylic acids is 2. The Bertz CT molecular complexity index is 2620. The quantitative estimate of drug-likeness (QED) is 0.0600. The zero-order chi connectivity index (χ0) is 46.0. The Hall–Kier alpha value is -7.60. The van der Waals surface area contributed by atoms with E-state index in [9.17, 15) is 10.1 Å². The number of nitro benzene ring substituents is 1. The average molecular weight is 982 g/mol. The second kappa shape index (κ2) is 23.0. The molecule has 0 aromatic heterocycles. The molecule has 4 atom stereocenters. The van der Waals surface area contributed by atoms with E-state index < -0.39 is 11.9 Å². The molecule has 0 spiro atoms. The largest absolute Gasteiger partial charge is 3.00 e. The van der Waals surface area contributed by atoms with Crippen LogP contribution in [0.4, 0.5) is 17.1 Å². The fourth-order valence-electron chi connectivity index (χ4n) is 8.13. The monoisotopic (exact) mass is 981 g/mol. The summed E-state index contributed by atoms with van der Waals surface area (Å²) in [6.07, 6.45) is 0. The van der Waals surface area contributed by atoms with Crippen molar-refractivity contribution in [3.63, 3.8) is 0 Å². The number of carbonyl (C=O) groups is 2. The van der Waals surface area contributed by atoms with Crippen LogP contribution in [0.2, 0.25) is 0 Å². The summed E-state index contributed by atoms with van der Waals surface area (Å²) in [5.74, 6) is -0.961. The number of carboxylic acids is 2. The van der Waals surface area contributed by atoms with Crippen LogP contribution in [0.1, 0.15) is 82.5 Å². The van der Waals surface area contributed by atoms with Crippen molar-refractivity contribution in [1.29, 1.82) is 0 Å². The molecule has 0 unspecified atom stereocenters. The second-order valence-electron chi connectivity index (χ2n) is 15.6. The van der Waals surface area contributed by atoms with Crippen LogP contribution in [-0.2, 0) is 29.1 Å². The van der Waals surface area contributed by atoms with Gasteiger partial charge in [0.05, 0.1) is 35.8 Å². The molecule has 12 nitrogen and oxygen atoms in total. The van der Waals surface area contributed by atoms with E-state index in [-0.39, 0.29) is 59.7 Å². The number of nitro groups is 1. The molecular formula is C54H48N5O7Rh. The third kappa shape index (κ3) is 12.0. The maximum atomic E-state index is 12.9. The molecule has 0 radical (unpaired) electrons. The number of hydrogen-bond acceptors (Lipinski definition) is 10. The van der Waals surface area contributed by atoms with Crippen LogP contribution in [-0.4, -0.2) is 34.0 Å². The number of hydrogen-bond donors (Lipinski definition) is 0. The van der Waals surface area contributed by atoms with Gasteiger partial charge >= 0.3 is 19.5 Å². The number of aryl methyl sites for hydroxylation is 2. The molecule has 2 aliphatic rings. The predicted octanol–water partition coefficient (Wildman–Crippen LogP) is 8.20. The van der Waals surface area contributed by atoms with Gasteiger partial charge < -0.3 is 35.1 Å². The number of amidine groups is 2. The van der Waals surface area contributed by atoms with E-state index in [4.69, 9.17) is 29.8 Å². The smallest absolute Gasteiger partial charge is 0.550 e. The van der Waals surface area contributed by atoms with Crippen LogP contribution < -0.4 is 20.0 Å². The second-order valence-corrected chi connectivity index (χ2v) is 15.6. The third-order valence-electron chi connectivity index (χ3n) is 10.9. The van der Waals surface area contributed by atoms with Crippen LogP contribution >= 0.6 is 0 Å². The van der Waals surface area contributed by atoms with Crippen molar-refractivity contribution in [2.24, 2.45) is 9.98 Å². The van der Waals surface area contributed by atoms with E-state index in [1.54, 1.807) is 12.1 Å². The molecule has 13 heteroatoms. The molecule has 340 valence electrons. The molecule has 2 aliphatic heterocycles. The Kier molecular flexibility index (Phi) is 17.3. The minimum absolute atomic E-state index is 0. The van der Waals surface area contributed by atoms with Crippen molar-refractivity contribution in [3.8, 4) is 0 Å². The van der Waals surface area contributed by atoms with Crippen LogP contribution in [0.15, 0.2) is 192 Å². The summed E-state index contributed by atoms with van der Waals surface area (Å²) in [6, 6.07) is 63.8. The van der Waals surface area contributed by atoms with Crippen LogP contribution in [0.5, 0.6) is 0 Å². The number of benzene rings is 7. The molecule has 0 aliphatic carbocycles. The van der Waals surface area contributed by atoms with Crippen molar-refractivity contribution < 1.29 is 49.7 Å². The third-order valence-corrected chi connectivity index (χ3v) is 10.9. The first-order valence-electron chi connectivity index (χ1n) is 21.0. The number of nitrogens with zero attached hydrogens (tertiary/aromatic N) is 5. The Labute approximate surface area is 402 Å². The summed E-state index contributed by atoms with van der Waals surface area (Å²) in [4.78, 5) is 45.8. The molecule has 67 heavy (non-hydrogen) atoms. The molecule has 7 aromatic carbocycles. The molecule has 0 fully saturated rings. The van der Waals surface area contributed by atoms with Crippen LogP contribution in [0.25, 0.3) is 0 Å². The van der Waals surface area contributed by atoms with Gasteiger partial charge in [0.1, 0.15) is 0 Å². The first-order chi connectivity index (χ1) is 31.4. The zero-order valence-corrected chi connectivity index (χ0v) is 38.8. The van der Waals surface area contributed by atoms with E-state index in [0.717, 1.165) is 58.6 Å². The number of aliphatic imine (C=N–C) groups is 2. The molecule has 9 rings (SSSR count). The molecule has 0 saturated carbocycles. The minimum atomic E-state index is -1.08. The van der Waals surface area contributed by atoms with E-state index in [1.807, 2.05) is 72.8 Å². The normalized spacial score (nSPS) is 16.9. The Morgan fingerprint density at radius 1 is 0.522 bits per heavy atom. The van der Waals surface area contributed by atoms with Gasteiger partial charge in [-0.3, -0.25) is 20.1 Å². The van der Waals surface area contributed by atoms with Gasteiger partial charge in [0.2, 0.25) is 5.69 Å². The van der Waals surface area contributed by atoms with E-state index in [1.165, 1.54) is 0 Å². The Morgan fingerprint density at radius 2 is 0.806 bits per heavy atom. The number of anilines is 2. The maximum Gasteiger partial charge on any atom is 3.00 e. The number of carbonyl (C=O) groups excluding carboxylic acids is 2. The summed E-state index contributed by atoms with van der Waals surface area (Å²) in [6.45, 7) is 6.08. The Balaban J connectivity index is 0.000000780. The average Bonchev–Trinajstić information content (AvgIpc) is 3.91. The van der Waals surface area contributed by atoms with Gasteiger partial charge in [-0.2, -0.15) is 0 Å². The topological polar surface area (TPSA) is 186 Å². The van der Waals surface area contributed by atoms with Crippen molar-refractivity contribution in [3.05, 3.63) is 243 Å². The number of carboxylic acid groups (broad SMARTS) is 2. The van der Waals surface area contributed by atoms with Crippen molar-refractivity contribution in [2.45, 2.75) is 51.9 Å². The fourth-order valence-corrected chi connectivity index (χ4v) is 8.13. The zero-order valence-electron chi connectivity index (χ0n) is 37.1. The Morgan fingerprint density at radius 3 is 1.09 bits per heavy atom. The summed E-state index contributed by atoms with van der Waals surface area (Å²) >= 11 is 0. The van der Waals surface area contributed by atoms with E-state index >= 15 is 0 Å². The van der Waals surface area contributed by atoms with Gasteiger partial charge in [0, 0.05) is 28.2 Å². The van der Waals surface area contributed by atoms with Gasteiger partial charge in [-0.25, -0.2) is 0 Å². The predicted molar refractivity (Wildman–Crippen MR) is 254 cm³/mol.